The quantitative estimate of drug-likeness (QED) is 0.828. The summed E-state index contributed by atoms with van der Waals surface area (Å²) >= 11 is 3.32. The van der Waals surface area contributed by atoms with Gasteiger partial charge in [0.25, 0.3) is 5.91 Å². The summed E-state index contributed by atoms with van der Waals surface area (Å²) in [5.41, 5.74) is 6.02. The predicted octanol–water partition coefficient (Wildman–Crippen LogP) is 2.94. The second-order valence-corrected chi connectivity index (χ2v) is 6.28. The fraction of sp³-hybridized carbons (Fsp3) is 0.176. The number of hydrogen-bond acceptors (Lipinski definition) is 2. The fourth-order valence-corrected chi connectivity index (χ4v) is 2.70. The normalized spacial score (nSPS) is 15.0. The smallest absolute Gasteiger partial charge is 0.269 e. The molecule has 2 aromatic rings. The van der Waals surface area contributed by atoms with Crippen LogP contribution < -0.4 is 10.9 Å². The van der Waals surface area contributed by atoms with Crippen LogP contribution in [-0.4, -0.2) is 11.8 Å². The van der Waals surface area contributed by atoms with Gasteiger partial charge in [0, 0.05) is 10.0 Å². The third-order valence-corrected chi connectivity index (χ3v) is 4.44. The monoisotopic (exact) mass is 358 g/mol. The van der Waals surface area contributed by atoms with Crippen LogP contribution in [0.4, 0.5) is 0 Å². The SMILES string of the molecule is O=C(NNC(=O)C1(c2ccccc2)CC1)c1ccc(Br)cc1. The summed E-state index contributed by atoms with van der Waals surface area (Å²) in [6.45, 7) is 0. The third-order valence-electron chi connectivity index (χ3n) is 3.91. The highest BCUT2D eigenvalue weighted by molar-refractivity contribution is 9.10. The second-order valence-electron chi connectivity index (χ2n) is 5.36. The number of hydrazine groups is 1. The van der Waals surface area contributed by atoms with E-state index in [9.17, 15) is 9.59 Å². The largest absolute Gasteiger partial charge is 0.272 e. The Balaban J connectivity index is 1.63. The van der Waals surface area contributed by atoms with Crippen molar-refractivity contribution in [3.05, 3.63) is 70.2 Å². The van der Waals surface area contributed by atoms with E-state index in [1.54, 1.807) is 24.3 Å². The van der Waals surface area contributed by atoms with Crippen LogP contribution in [0.1, 0.15) is 28.8 Å². The van der Waals surface area contributed by atoms with E-state index < -0.39 is 5.41 Å². The number of halogens is 1. The first-order valence-electron chi connectivity index (χ1n) is 7.04. The van der Waals surface area contributed by atoms with Crippen LogP contribution in [0.15, 0.2) is 59.1 Å². The van der Waals surface area contributed by atoms with E-state index in [4.69, 9.17) is 0 Å². The number of carbonyl (C=O) groups is 2. The molecule has 0 radical (unpaired) electrons. The van der Waals surface area contributed by atoms with Crippen molar-refractivity contribution in [1.29, 1.82) is 0 Å². The van der Waals surface area contributed by atoms with Gasteiger partial charge < -0.3 is 0 Å². The van der Waals surface area contributed by atoms with Crippen molar-refractivity contribution in [2.45, 2.75) is 18.3 Å². The van der Waals surface area contributed by atoms with Gasteiger partial charge in [-0.1, -0.05) is 46.3 Å². The lowest BCUT2D eigenvalue weighted by molar-refractivity contribution is -0.124. The van der Waals surface area contributed by atoms with Gasteiger partial charge in [-0.2, -0.15) is 0 Å². The van der Waals surface area contributed by atoms with Crippen molar-refractivity contribution in [3.8, 4) is 0 Å². The molecule has 2 aromatic carbocycles. The molecule has 1 saturated carbocycles. The molecule has 1 aliphatic rings. The Kier molecular flexibility index (Phi) is 3.98. The minimum atomic E-state index is -0.492. The van der Waals surface area contributed by atoms with Gasteiger partial charge in [-0.25, -0.2) is 0 Å². The lowest BCUT2D eigenvalue weighted by Gasteiger charge is -2.16. The van der Waals surface area contributed by atoms with E-state index in [0.29, 0.717) is 5.56 Å². The first kappa shape index (κ1) is 14.8. The molecular weight excluding hydrogens is 344 g/mol. The van der Waals surface area contributed by atoms with E-state index >= 15 is 0 Å². The Morgan fingerprint density at radius 2 is 1.55 bits per heavy atom. The van der Waals surface area contributed by atoms with E-state index in [-0.39, 0.29) is 11.8 Å². The zero-order chi connectivity index (χ0) is 15.6. The lowest BCUT2D eigenvalue weighted by atomic mass is 9.95. The van der Waals surface area contributed by atoms with Crippen molar-refractivity contribution in [2.75, 3.05) is 0 Å². The van der Waals surface area contributed by atoms with Crippen LogP contribution in [0.5, 0.6) is 0 Å². The van der Waals surface area contributed by atoms with Crippen LogP contribution in [0.25, 0.3) is 0 Å². The van der Waals surface area contributed by atoms with Gasteiger partial charge in [0.05, 0.1) is 5.41 Å². The molecule has 0 spiro atoms. The zero-order valence-electron chi connectivity index (χ0n) is 11.8. The van der Waals surface area contributed by atoms with Crippen molar-refractivity contribution < 1.29 is 9.59 Å². The molecular formula is C17H15BrN2O2. The maximum atomic E-state index is 12.4. The van der Waals surface area contributed by atoms with Crippen LogP contribution in [0.2, 0.25) is 0 Å². The summed E-state index contributed by atoms with van der Waals surface area (Å²) in [5.74, 6) is -0.492. The molecule has 0 aliphatic heterocycles. The summed E-state index contributed by atoms with van der Waals surface area (Å²) in [5, 5.41) is 0. The average molecular weight is 359 g/mol. The average Bonchev–Trinajstić information content (AvgIpc) is 3.36. The van der Waals surface area contributed by atoms with Crippen LogP contribution in [-0.2, 0) is 10.2 Å². The first-order chi connectivity index (χ1) is 10.6. The van der Waals surface area contributed by atoms with E-state index in [1.807, 2.05) is 30.3 Å². The molecule has 5 heteroatoms. The Morgan fingerprint density at radius 3 is 2.14 bits per heavy atom. The van der Waals surface area contributed by atoms with Crippen molar-refractivity contribution in [3.63, 3.8) is 0 Å². The van der Waals surface area contributed by atoms with Gasteiger partial charge in [0.15, 0.2) is 0 Å². The molecule has 0 aromatic heterocycles. The number of hydrogen-bond donors (Lipinski definition) is 2. The molecule has 0 saturated heterocycles. The third kappa shape index (κ3) is 2.90. The minimum absolute atomic E-state index is 0.163. The maximum absolute atomic E-state index is 12.4. The first-order valence-corrected chi connectivity index (χ1v) is 7.83. The van der Waals surface area contributed by atoms with Gasteiger partial charge >= 0.3 is 0 Å². The molecule has 3 rings (SSSR count). The molecule has 1 fully saturated rings. The molecule has 0 heterocycles. The van der Waals surface area contributed by atoms with Gasteiger partial charge in [-0.3, -0.25) is 20.4 Å². The Labute approximate surface area is 137 Å². The van der Waals surface area contributed by atoms with Crippen molar-refractivity contribution in [1.82, 2.24) is 10.9 Å². The lowest BCUT2D eigenvalue weighted by Crippen LogP contribution is -2.46. The van der Waals surface area contributed by atoms with E-state index in [0.717, 1.165) is 22.9 Å². The number of nitrogens with one attached hydrogen (secondary N) is 2. The molecule has 22 heavy (non-hydrogen) atoms. The van der Waals surface area contributed by atoms with Crippen LogP contribution >= 0.6 is 15.9 Å². The second kappa shape index (κ2) is 5.93. The minimum Gasteiger partial charge on any atom is -0.272 e. The van der Waals surface area contributed by atoms with Crippen LogP contribution in [0.3, 0.4) is 0 Å². The molecule has 0 unspecified atom stereocenters. The highest BCUT2D eigenvalue weighted by Crippen LogP contribution is 2.48. The maximum Gasteiger partial charge on any atom is 0.269 e. The molecule has 4 nitrogen and oxygen atoms in total. The predicted molar refractivity (Wildman–Crippen MR) is 87.1 cm³/mol. The van der Waals surface area contributed by atoms with Gasteiger partial charge in [0.2, 0.25) is 5.91 Å². The number of amides is 2. The molecule has 112 valence electrons. The molecule has 2 amide bonds. The number of rotatable bonds is 3. The Morgan fingerprint density at radius 1 is 0.909 bits per heavy atom. The molecule has 1 aliphatic carbocycles. The Bertz CT molecular complexity index is 694. The topological polar surface area (TPSA) is 58.2 Å². The standard InChI is InChI=1S/C17H15BrN2O2/c18-14-8-6-12(7-9-14)15(21)19-20-16(22)17(10-11-17)13-4-2-1-3-5-13/h1-9H,10-11H2,(H,19,21)(H,20,22). The molecule has 0 bridgehead atoms. The van der Waals surface area contributed by atoms with Gasteiger partial charge in [0.1, 0.15) is 0 Å². The molecule has 0 atom stereocenters. The summed E-state index contributed by atoms with van der Waals surface area (Å²) in [4.78, 5) is 24.4. The Hall–Kier alpha value is -2.14. The van der Waals surface area contributed by atoms with Crippen molar-refractivity contribution in [2.24, 2.45) is 0 Å². The fourth-order valence-electron chi connectivity index (χ4n) is 2.44. The summed E-state index contributed by atoms with van der Waals surface area (Å²) in [6.07, 6.45) is 1.61. The van der Waals surface area contributed by atoms with Crippen LogP contribution in [0, 0.1) is 0 Å². The summed E-state index contributed by atoms with van der Waals surface area (Å²) in [7, 11) is 0. The molecule has 2 N–H and O–H groups in total. The summed E-state index contributed by atoms with van der Waals surface area (Å²) in [6, 6.07) is 16.6. The number of benzene rings is 2. The summed E-state index contributed by atoms with van der Waals surface area (Å²) < 4.78 is 0.897. The van der Waals surface area contributed by atoms with E-state index in [1.165, 1.54) is 0 Å². The van der Waals surface area contributed by atoms with Gasteiger partial charge in [-0.05, 0) is 42.7 Å². The highest BCUT2D eigenvalue weighted by atomic mass is 79.9. The van der Waals surface area contributed by atoms with E-state index in [2.05, 4.69) is 26.8 Å². The highest BCUT2D eigenvalue weighted by Gasteiger charge is 2.51. The zero-order valence-corrected chi connectivity index (χ0v) is 13.4. The van der Waals surface area contributed by atoms with Gasteiger partial charge in [-0.15, -0.1) is 0 Å². The number of carbonyl (C=O) groups excluding carboxylic acids is 2. The van der Waals surface area contributed by atoms with Crippen molar-refractivity contribution >= 4 is 27.7 Å².